The first-order chi connectivity index (χ1) is 11.0. The summed E-state index contributed by atoms with van der Waals surface area (Å²) in [5.74, 6) is -2.07. The van der Waals surface area contributed by atoms with Crippen molar-refractivity contribution in [3.05, 3.63) is 46.8 Å². The van der Waals surface area contributed by atoms with Crippen molar-refractivity contribution in [2.45, 2.75) is 25.4 Å². The molecular formula is C16H15F2N3O2. The fraction of sp³-hybridized carbons (Fsp3) is 0.375. The van der Waals surface area contributed by atoms with Gasteiger partial charge >= 0.3 is 0 Å². The van der Waals surface area contributed by atoms with Crippen LogP contribution in [0.1, 0.15) is 28.2 Å². The van der Waals surface area contributed by atoms with Crippen LogP contribution in [0.2, 0.25) is 0 Å². The molecule has 0 radical (unpaired) electrons. The highest BCUT2D eigenvalue weighted by Gasteiger charge is 2.35. The zero-order chi connectivity index (χ0) is 16.1. The number of β-amino-alcohol motifs (C(OH)–C–C–N with tert-alkyl or cyclic N) is 1. The molecule has 2 aliphatic rings. The van der Waals surface area contributed by atoms with Crippen LogP contribution >= 0.6 is 0 Å². The second-order valence-corrected chi connectivity index (χ2v) is 6.00. The van der Waals surface area contributed by atoms with Crippen molar-refractivity contribution >= 4 is 5.91 Å². The number of likely N-dealkylation sites (tertiary alicyclic amines) is 1. The molecule has 1 amide bonds. The molecule has 1 aliphatic heterocycles. The van der Waals surface area contributed by atoms with Crippen LogP contribution in [0.4, 0.5) is 8.78 Å². The third kappa shape index (κ3) is 2.23. The first-order valence-electron chi connectivity index (χ1n) is 7.58. The van der Waals surface area contributed by atoms with E-state index in [-0.39, 0.29) is 5.91 Å². The highest BCUT2D eigenvalue weighted by molar-refractivity contribution is 5.95. The van der Waals surface area contributed by atoms with E-state index in [9.17, 15) is 18.7 Å². The summed E-state index contributed by atoms with van der Waals surface area (Å²) in [6.45, 7) is 0.622. The number of halogens is 2. The number of carbonyl (C=O) groups is 1. The predicted molar refractivity (Wildman–Crippen MR) is 77.4 cm³/mol. The topological polar surface area (TPSA) is 58.4 Å². The van der Waals surface area contributed by atoms with Gasteiger partial charge in [-0.25, -0.2) is 13.5 Å². The van der Waals surface area contributed by atoms with Gasteiger partial charge in [-0.1, -0.05) is 0 Å². The Balaban J connectivity index is 1.75. The number of fused-ring (bicyclic) bond motifs is 1. The van der Waals surface area contributed by atoms with Gasteiger partial charge in [-0.2, -0.15) is 5.10 Å². The zero-order valence-electron chi connectivity index (χ0n) is 12.3. The number of carbonyl (C=O) groups excluding carboxylic acids is 1. The van der Waals surface area contributed by atoms with Gasteiger partial charge in [0.15, 0.2) is 17.3 Å². The molecule has 1 aromatic carbocycles. The average Bonchev–Trinajstić information content (AvgIpc) is 3.08. The summed E-state index contributed by atoms with van der Waals surface area (Å²) in [6.07, 6.45) is 1.92. The Morgan fingerprint density at radius 1 is 1.22 bits per heavy atom. The van der Waals surface area contributed by atoms with Crippen LogP contribution in [0, 0.1) is 11.6 Å². The van der Waals surface area contributed by atoms with Crippen LogP contribution in [-0.2, 0) is 12.8 Å². The van der Waals surface area contributed by atoms with Gasteiger partial charge in [-0.05, 0) is 31.4 Å². The lowest BCUT2D eigenvalue weighted by atomic mass is 10.1. The molecule has 0 bridgehead atoms. The molecule has 1 aromatic heterocycles. The van der Waals surface area contributed by atoms with E-state index in [0.717, 1.165) is 42.7 Å². The molecule has 1 saturated heterocycles. The van der Waals surface area contributed by atoms with Crippen molar-refractivity contribution in [1.82, 2.24) is 14.7 Å². The van der Waals surface area contributed by atoms with Gasteiger partial charge in [-0.15, -0.1) is 0 Å². The standard InChI is InChI=1S/C16H15F2N3O2/c17-12-5-4-9(6-13(12)18)21-14-3-1-2-11(14)15(19-21)16(23)20-7-10(22)8-20/h4-6,10,22H,1-3,7-8H2. The fourth-order valence-electron chi connectivity index (χ4n) is 3.21. The largest absolute Gasteiger partial charge is 0.389 e. The van der Waals surface area contributed by atoms with Crippen molar-refractivity contribution < 1.29 is 18.7 Å². The van der Waals surface area contributed by atoms with Crippen molar-refractivity contribution in [2.24, 2.45) is 0 Å². The molecule has 4 rings (SSSR count). The van der Waals surface area contributed by atoms with Gasteiger partial charge < -0.3 is 10.0 Å². The number of aromatic nitrogens is 2. The number of nitrogens with zero attached hydrogens (tertiary/aromatic N) is 3. The number of hydrogen-bond acceptors (Lipinski definition) is 3. The Morgan fingerprint density at radius 3 is 2.70 bits per heavy atom. The molecular weight excluding hydrogens is 304 g/mol. The normalized spacial score (nSPS) is 17.3. The lowest BCUT2D eigenvalue weighted by molar-refractivity contribution is 0.00540. The molecule has 7 heteroatoms. The van der Waals surface area contributed by atoms with Gasteiger partial charge in [0.2, 0.25) is 0 Å². The summed E-state index contributed by atoms with van der Waals surface area (Å²) in [5, 5.41) is 13.7. The summed E-state index contributed by atoms with van der Waals surface area (Å²) in [5.41, 5.74) is 2.51. The third-order valence-electron chi connectivity index (χ3n) is 4.43. The second-order valence-electron chi connectivity index (χ2n) is 6.00. The van der Waals surface area contributed by atoms with Gasteiger partial charge in [-0.3, -0.25) is 4.79 Å². The quantitative estimate of drug-likeness (QED) is 0.912. The first-order valence-corrected chi connectivity index (χ1v) is 7.58. The van der Waals surface area contributed by atoms with Gasteiger partial charge in [0.05, 0.1) is 11.8 Å². The van der Waals surface area contributed by atoms with Crippen LogP contribution in [0.25, 0.3) is 5.69 Å². The minimum atomic E-state index is -0.941. The Labute approximate surface area is 131 Å². The Bertz CT molecular complexity index is 797. The lowest BCUT2D eigenvalue weighted by Gasteiger charge is -2.35. The van der Waals surface area contributed by atoms with E-state index in [4.69, 9.17) is 0 Å². The number of aliphatic hydroxyl groups is 1. The van der Waals surface area contributed by atoms with Crippen molar-refractivity contribution in [2.75, 3.05) is 13.1 Å². The Kier molecular flexibility index (Phi) is 3.19. The minimum absolute atomic E-state index is 0.213. The van der Waals surface area contributed by atoms with E-state index >= 15 is 0 Å². The molecule has 1 aliphatic carbocycles. The number of hydrogen-bond donors (Lipinski definition) is 1. The Morgan fingerprint density at radius 2 is 2.00 bits per heavy atom. The molecule has 0 unspecified atom stereocenters. The molecule has 2 aromatic rings. The van der Waals surface area contributed by atoms with E-state index < -0.39 is 17.7 Å². The lowest BCUT2D eigenvalue weighted by Crippen LogP contribution is -2.53. The summed E-state index contributed by atoms with van der Waals surface area (Å²) in [7, 11) is 0. The van der Waals surface area contributed by atoms with E-state index in [1.165, 1.54) is 10.7 Å². The highest BCUT2D eigenvalue weighted by Crippen LogP contribution is 2.29. The predicted octanol–water partition coefficient (Wildman–Crippen LogP) is 1.46. The van der Waals surface area contributed by atoms with Crippen molar-refractivity contribution in [1.29, 1.82) is 0 Å². The van der Waals surface area contributed by atoms with E-state index in [0.29, 0.717) is 24.5 Å². The van der Waals surface area contributed by atoms with E-state index in [1.54, 1.807) is 4.90 Å². The van der Waals surface area contributed by atoms with Crippen LogP contribution in [0.5, 0.6) is 0 Å². The molecule has 5 nitrogen and oxygen atoms in total. The van der Waals surface area contributed by atoms with Gasteiger partial charge in [0.25, 0.3) is 5.91 Å². The van der Waals surface area contributed by atoms with E-state index in [1.807, 2.05) is 0 Å². The average molecular weight is 319 g/mol. The number of rotatable bonds is 2. The summed E-state index contributed by atoms with van der Waals surface area (Å²) >= 11 is 0. The molecule has 0 saturated carbocycles. The van der Waals surface area contributed by atoms with Crippen molar-refractivity contribution in [3.63, 3.8) is 0 Å². The van der Waals surface area contributed by atoms with Gasteiger partial charge in [0, 0.05) is 30.4 Å². The maximum atomic E-state index is 13.5. The molecule has 120 valence electrons. The SMILES string of the molecule is O=C(c1nn(-c2ccc(F)c(F)c2)c2c1CCC2)N1CC(O)C1. The molecule has 23 heavy (non-hydrogen) atoms. The van der Waals surface area contributed by atoms with E-state index in [2.05, 4.69) is 5.10 Å². The Hall–Kier alpha value is -2.28. The maximum absolute atomic E-state index is 13.5. The fourth-order valence-corrected chi connectivity index (χ4v) is 3.21. The van der Waals surface area contributed by atoms with Crippen molar-refractivity contribution in [3.8, 4) is 5.69 Å². The molecule has 0 spiro atoms. The first kappa shape index (κ1) is 14.3. The van der Waals surface area contributed by atoms with Crippen LogP contribution < -0.4 is 0 Å². The third-order valence-corrected chi connectivity index (χ3v) is 4.43. The monoisotopic (exact) mass is 319 g/mol. The molecule has 1 fully saturated rings. The summed E-state index contributed by atoms with van der Waals surface area (Å²) < 4.78 is 28.2. The van der Waals surface area contributed by atoms with Crippen LogP contribution in [0.15, 0.2) is 18.2 Å². The summed E-state index contributed by atoms with van der Waals surface area (Å²) in [4.78, 5) is 14.0. The van der Waals surface area contributed by atoms with Crippen LogP contribution in [0.3, 0.4) is 0 Å². The molecule has 0 atom stereocenters. The highest BCUT2D eigenvalue weighted by atomic mass is 19.2. The second kappa shape index (κ2) is 5.13. The zero-order valence-corrected chi connectivity index (χ0v) is 12.3. The van der Waals surface area contributed by atoms with Gasteiger partial charge in [0.1, 0.15) is 0 Å². The molecule has 1 N–H and O–H groups in total. The minimum Gasteiger partial charge on any atom is -0.389 e. The number of benzene rings is 1. The summed E-state index contributed by atoms with van der Waals surface area (Å²) in [6, 6.07) is 3.59. The number of aliphatic hydroxyl groups excluding tert-OH is 1. The smallest absolute Gasteiger partial charge is 0.274 e. The number of amides is 1. The molecule has 2 heterocycles. The maximum Gasteiger partial charge on any atom is 0.274 e. The van der Waals surface area contributed by atoms with Crippen LogP contribution in [-0.4, -0.2) is 44.9 Å².